The number of imidazole rings is 1. The molecule has 14 heteroatoms. The number of nitrogens with zero attached hydrogens (tertiary/aromatic N) is 3. The number of aromatic nitrogens is 3. The first-order chi connectivity index (χ1) is 16.8. The monoisotopic (exact) mass is 548 g/mol. The number of rotatable bonds is 6. The van der Waals surface area contributed by atoms with Gasteiger partial charge in [-0.05, 0) is 31.9 Å². The molecule has 1 aliphatic heterocycles. The maximum atomic E-state index is 15.3. The number of amides is 1. The van der Waals surface area contributed by atoms with Gasteiger partial charge in [0.2, 0.25) is 0 Å². The first-order valence-corrected chi connectivity index (χ1v) is 12.6. The van der Waals surface area contributed by atoms with Crippen LogP contribution in [0.2, 0.25) is 5.02 Å². The van der Waals surface area contributed by atoms with Crippen molar-refractivity contribution >= 4 is 39.3 Å². The number of hydrogen-bond donors (Lipinski definition) is 1. The highest BCUT2D eigenvalue weighted by molar-refractivity contribution is 7.85. The summed E-state index contributed by atoms with van der Waals surface area (Å²) in [4.78, 5) is 20.9. The van der Waals surface area contributed by atoms with Gasteiger partial charge in [-0.25, -0.2) is 14.4 Å². The zero-order valence-corrected chi connectivity index (χ0v) is 20.7. The fourth-order valence-electron chi connectivity index (χ4n) is 3.70. The Balaban J connectivity index is 1.61. The summed E-state index contributed by atoms with van der Waals surface area (Å²) >= 11 is 5.80. The van der Waals surface area contributed by atoms with E-state index in [0.29, 0.717) is 24.3 Å². The Hall–Kier alpha value is -2.93. The quantitative estimate of drug-likeness (QED) is 0.455. The highest BCUT2D eigenvalue weighted by Crippen LogP contribution is 2.35. The van der Waals surface area contributed by atoms with Crippen molar-refractivity contribution in [3.63, 3.8) is 0 Å². The zero-order valence-electron chi connectivity index (χ0n) is 19.1. The molecule has 0 radical (unpaired) electrons. The van der Waals surface area contributed by atoms with E-state index < -0.39 is 52.5 Å². The molecule has 1 amide bonds. The lowest BCUT2D eigenvalue weighted by Crippen LogP contribution is -2.50. The topological polar surface area (TPSA) is 95.3 Å². The molecule has 1 N–H and O–H groups in total. The van der Waals surface area contributed by atoms with Crippen LogP contribution >= 0.6 is 11.6 Å². The van der Waals surface area contributed by atoms with E-state index >= 15 is 4.39 Å². The molecule has 0 spiro atoms. The smallest absolute Gasteiger partial charge is 0.422 e. The number of ether oxygens (including phenoxy) is 2. The van der Waals surface area contributed by atoms with Crippen LogP contribution in [0.5, 0.6) is 17.4 Å². The number of alkyl halides is 3. The highest BCUT2D eigenvalue weighted by Gasteiger charge is 2.33. The molecule has 0 saturated carbocycles. The third-order valence-electron chi connectivity index (χ3n) is 5.72. The lowest BCUT2D eigenvalue weighted by Gasteiger charge is -2.33. The lowest BCUT2D eigenvalue weighted by molar-refractivity contribution is -0.153. The summed E-state index contributed by atoms with van der Waals surface area (Å²) in [6.07, 6.45) is -2.44. The van der Waals surface area contributed by atoms with Crippen molar-refractivity contribution in [2.45, 2.75) is 31.5 Å². The van der Waals surface area contributed by atoms with Gasteiger partial charge in [-0.3, -0.25) is 9.00 Å². The number of carbonyl (C=O) groups excluding carboxylic acids is 1. The number of hydrogen-bond acceptors (Lipinski definition) is 6. The number of nitrogens with one attached hydrogen (secondary N) is 1. The van der Waals surface area contributed by atoms with Gasteiger partial charge in [0.1, 0.15) is 5.52 Å². The number of pyridine rings is 1. The molecule has 0 atom stereocenters. The van der Waals surface area contributed by atoms with Gasteiger partial charge in [-0.15, -0.1) is 0 Å². The molecular formula is C22H21ClF4N4O4S. The van der Waals surface area contributed by atoms with E-state index in [1.54, 1.807) is 7.05 Å². The molecule has 3 aromatic rings. The average molecular weight is 549 g/mol. The van der Waals surface area contributed by atoms with Crippen molar-refractivity contribution in [3.05, 3.63) is 41.1 Å². The molecule has 1 saturated heterocycles. The fraction of sp³-hybridized carbons (Fsp3) is 0.409. The predicted molar refractivity (Wildman–Crippen MR) is 125 cm³/mol. The Morgan fingerprint density at radius 2 is 1.97 bits per heavy atom. The Morgan fingerprint density at radius 1 is 1.28 bits per heavy atom. The van der Waals surface area contributed by atoms with E-state index in [0.717, 1.165) is 12.3 Å². The SMILES string of the molecule is Cn1c(C(=O)NC2(C)CCS(=O)CC2)nc2c(F)c(Oc3ncc(Cl)cc3OCC(F)(F)F)ccc21. The van der Waals surface area contributed by atoms with E-state index in [4.69, 9.17) is 21.1 Å². The molecule has 1 fully saturated rings. The largest absolute Gasteiger partial charge is 0.478 e. The second kappa shape index (κ2) is 9.85. The number of aryl methyl sites for hydroxylation is 1. The molecule has 36 heavy (non-hydrogen) atoms. The Labute approximate surface area is 210 Å². The third-order valence-corrected chi connectivity index (χ3v) is 7.25. The molecule has 2 aromatic heterocycles. The molecule has 4 rings (SSSR count). The van der Waals surface area contributed by atoms with Crippen molar-refractivity contribution < 1.29 is 36.0 Å². The Kier molecular flexibility index (Phi) is 7.15. The second-order valence-electron chi connectivity index (χ2n) is 8.57. The van der Waals surface area contributed by atoms with Crippen LogP contribution in [0.4, 0.5) is 17.6 Å². The van der Waals surface area contributed by atoms with E-state index in [2.05, 4.69) is 15.3 Å². The maximum absolute atomic E-state index is 15.3. The van der Waals surface area contributed by atoms with Crippen molar-refractivity contribution in [2.24, 2.45) is 7.05 Å². The van der Waals surface area contributed by atoms with Crippen molar-refractivity contribution in [2.75, 3.05) is 18.1 Å². The van der Waals surface area contributed by atoms with E-state index in [1.807, 2.05) is 6.92 Å². The normalized spacial score (nSPS) is 20.4. The molecule has 194 valence electrons. The molecule has 0 aliphatic carbocycles. The summed E-state index contributed by atoms with van der Waals surface area (Å²) in [7, 11) is 0.640. The van der Waals surface area contributed by atoms with Crippen LogP contribution in [0.3, 0.4) is 0 Å². The molecule has 8 nitrogen and oxygen atoms in total. The second-order valence-corrected chi connectivity index (χ2v) is 10.7. The van der Waals surface area contributed by atoms with Gasteiger partial charge in [0.25, 0.3) is 11.8 Å². The zero-order chi connectivity index (χ0) is 26.3. The highest BCUT2D eigenvalue weighted by atomic mass is 35.5. The van der Waals surface area contributed by atoms with Crippen molar-refractivity contribution in [3.8, 4) is 17.4 Å². The minimum atomic E-state index is -4.62. The van der Waals surface area contributed by atoms with Gasteiger partial charge >= 0.3 is 6.18 Å². The number of benzene rings is 1. The van der Waals surface area contributed by atoms with Crippen LogP contribution in [-0.2, 0) is 17.8 Å². The maximum Gasteiger partial charge on any atom is 0.422 e. The van der Waals surface area contributed by atoms with Crippen molar-refractivity contribution in [1.29, 1.82) is 0 Å². The van der Waals surface area contributed by atoms with Gasteiger partial charge in [-0.1, -0.05) is 11.6 Å². The summed E-state index contributed by atoms with van der Waals surface area (Å²) in [5.41, 5.74) is -0.456. The van der Waals surface area contributed by atoms with Crippen LogP contribution < -0.4 is 14.8 Å². The minimum absolute atomic E-state index is 0.00580. The first-order valence-electron chi connectivity index (χ1n) is 10.7. The summed E-state index contributed by atoms with van der Waals surface area (Å²) in [5.74, 6) is -1.81. The molecule has 0 unspecified atom stereocenters. The summed E-state index contributed by atoms with van der Waals surface area (Å²) in [5, 5.41) is 2.90. The first kappa shape index (κ1) is 26.1. The third kappa shape index (κ3) is 5.72. The minimum Gasteiger partial charge on any atom is -0.478 e. The summed E-state index contributed by atoms with van der Waals surface area (Å²) < 4.78 is 76.3. The van der Waals surface area contributed by atoms with Crippen LogP contribution in [0.25, 0.3) is 11.0 Å². The van der Waals surface area contributed by atoms with Gasteiger partial charge in [-0.2, -0.15) is 13.2 Å². The number of fused-ring (bicyclic) bond motifs is 1. The summed E-state index contributed by atoms with van der Waals surface area (Å²) in [6.45, 7) is 0.231. The fourth-order valence-corrected chi connectivity index (χ4v) is 5.41. The standard InChI is InChI=1S/C22H21ClF4N4O4S/c1-21(5-7-36(33)8-6-21)30-19(32)18-29-17-13(31(18)2)3-4-14(16(17)24)35-20-15(9-12(23)10-28-20)34-11-22(25,26)27/h3-4,9-10H,5-8,11H2,1-2H3,(H,30,32). The van der Waals surface area contributed by atoms with Crippen LogP contribution in [-0.4, -0.2) is 54.5 Å². The van der Waals surface area contributed by atoms with Crippen LogP contribution in [0, 0.1) is 5.82 Å². The number of carbonyl (C=O) groups is 1. The van der Waals surface area contributed by atoms with Gasteiger partial charge in [0.05, 0.1) is 10.5 Å². The van der Waals surface area contributed by atoms with Crippen LogP contribution in [0.15, 0.2) is 24.4 Å². The average Bonchev–Trinajstić information content (AvgIpc) is 3.14. The molecule has 1 aromatic carbocycles. The Bertz CT molecular complexity index is 1340. The number of halogens is 5. The summed E-state index contributed by atoms with van der Waals surface area (Å²) in [6, 6.07) is 3.76. The van der Waals surface area contributed by atoms with E-state index in [1.165, 1.54) is 16.7 Å². The van der Waals surface area contributed by atoms with E-state index in [9.17, 15) is 22.2 Å². The van der Waals surface area contributed by atoms with Crippen molar-refractivity contribution in [1.82, 2.24) is 19.9 Å². The van der Waals surface area contributed by atoms with Gasteiger partial charge in [0, 0.05) is 47.2 Å². The lowest BCUT2D eigenvalue weighted by atomic mass is 9.95. The van der Waals surface area contributed by atoms with Gasteiger partial charge < -0.3 is 19.4 Å². The van der Waals surface area contributed by atoms with Crippen LogP contribution in [0.1, 0.15) is 30.4 Å². The predicted octanol–water partition coefficient (Wildman–Crippen LogP) is 4.53. The molecule has 3 heterocycles. The Morgan fingerprint density at radius 3 is 2.64 bits per heavy atom. The molecule has 0 bridgehead atoms. The molecular weight excluding hydrogens is 528 g/mol. The molecule has 1 aliphatic rings. The van der Waals surface area contributed by atoms with E-state index in [-0.39, 0.29) is 27.6 Å². The van der Waals surface area contributed by atoms with Gasteiger partial charge in [0.15, 0.2) is 29.7 Å².